The van der Waals surface area contributed by atoms with E-state index in [4.69, 9.17) is 25.2 Å². The predicted octanol–water partition coefficient (Wildman–Crippen LogP) is 0.422. The van der Waals surface area contributed by atoms with E-state index in [-0.39, 0.29) is 5.95 Å². The van der Waals surface area contributed by atoms with Crippen molar-refractivity contribution in [2.75, 3.05) is 61.6 Å². The Kier molecular flexibility index (Phi) is 4.05. The van der Waals surface area contributed by atoms with Crippen molar-refractivity contribution in [2.45, 2.75) is 19.4 Å². The van der Waals surface area contributed by atoms with Crippen LogP contribution in [0.2, 0.25) is 0 Å². The number of fused-ring (bicyclic) bond motifs is 3. The summed E-state index contributed by atoms with van der Waals surface area (Å²) in [4.78, 5) is 23.0. The van der Waals surface area contributed by atoms with Crippen LogP contribution in [-0.2, 0) is 15.9 Å². The molecule has 2 aromatic rings. The molecule has 0 aliphatic carbocycles. The van der Waals surface area contributed by atoms with Crippen LogP contribution < -0.4 is 15.5 Å². The van der Waals surface area contributed by atoms with Crippen molar-refractivity contribution in [2.24, 2.45) is 0 Å². The molecular formula is C18H23N7O2. The van der Waals surface area contributed by atoms with E-state index in [0.717, 1.165) is 73.5 Å². The lowest BCUT2D eigenvalue weighted by Gasteiger charge is -2.32. The highest BCUT2D eigenvalue weighted by molar-refractivity contribution is 5.74. The Morgan fingerprint density at radius 2 is 1.89 bits per heavy atom. The number of aromatic nitrogens is 4. The standard InChI is InChI=1S/C18H23N7O2/c1-11-14(9-20-17(19)21-11)15-13-8-12-10-27-7-4-25(12)16(13)23-18(22-15)24-2-5-26-6-3-24/h9,12H,2-8,10H2,1H3,(H2,19,20,21)/t12-/m1/s1. The third-order valence-electron chi connectivity index (χ3n) is 5.46. The maximum Gasteiger partial charge on any atom is 0.228 e. The number of hydrogen-bond acceptors (Lipinski definition) is 9. The fourth-order valence-corrected chi connectivity index (χ4v) is 4.07. The first kappa shape index (κ1) is 16.6. The largest absolute Gasteiger partial charge is 0.378 e. The summed E-state index contributed by atoms with van der Waals surface area (Å²) >= 11 is 0. The van der Waals surface area contributed by atoms with Crippen LogP contribution in [0.4, 0.5) is 17.7 Å². The predicted molar refractivity (Wildman–Crippen MR) is 101 cm³/mol. The number of rotatable bonds is 2. The Balaban J connectivity index is 1.65. The zero-order valence-electron chi connectivity index (χ0n) is 15.4. The number of nitrogens with zero attached hydrogens (tertiary/aromatic N) is 6. The highest BCUT2D eigenvalue weighted by Gasteiger charge is 2.37. The second-order valence-corrected chi connectivity index (χ2v) is 7.13. The summed E-state index contributed by atoms with van der Waals surface area (Å²) in [6, 6.07) is 0.316. The maximum atomic E-state index is 5.76. The molecule has 0 unspecified atom stereocenters. The number of nitrogens with two attached hydrogens (primary N) is 1. The van der Waals surface area contributed by atoms with Gasteiger partial charge in [0.2, 0.25) is 11.9 Å². The fraction of sp³-hybridized carbons (Fsp3) is 0.556. The van der Waals surface area contributed by atoms with Crippen LogP contribution in [-0.4, -0.2) is 72.0 Å². The van der Waals surface area contributed by atoms with Crippen molar-refractivity contribution in [1.82, 2.24) is 19.9 Å². The van der Waals surface area contributed by atoms with Crippen molar-refractivity contribution >= 4 is 17.7 Å². The molecule has 0 aromatic carbocycles. The van der Waals surface area contributed by atoms with Crippen LogP contribution in [0.3, 0.4) is 0 Å². The first-order valence-corrected chi connectivity index (χ1v) is 9.38. The van der Waals surface area contributed by atoms with E-state index in [1.165, 1.54) is 0 Å². The highest BCUT2D eigenvalue weighted by atomic mass is 16.5. The van der Waals surface area contributed by atoms with Gasteiger partial charge in [0, 0.05) is 43.4 Å². The molecule has 0 spiro atoms. The summed E-state index contributed by atoms with van der Waals surface area (Å²) in [7, 11) is 0. The van der Waals surface area contributed by atoms with Crippen LogP contribution in [0.1, 0.15) is 11.3 Å². The molecular weight excluding hydrogens is 346 g/mol. The monoisotopic (exact) mass is 369 g/mol. The van der Waals surface area contributed by atoms with Gasteiger partial charge in [0.05, 0.1) is 43.9 Å². The molecule has 3 aliphatic heterocycles. The molecule has 3 aliphatic rings. The molecule has 9 nitrogen and oxygen atoms in total. The first-order valence-electron chi connectivity index (χ1n) is 9.38. The van der Waals surface area contributed by atoms with Gasteiger partial charge in [-0.05, 0) is 6.92 Å². The number of anilines is 3. The van der Waals surface area contributed by atoms with Crippen LogP contribution in [0, 0.1) is 6.92 Å². The van der Waals surface area contributed by atoms with E-state index in [2.05, 4.69) is 19.8 Å². The van der Waals surface area contributed by atoms with E-state index in [0.29, 0.717) is 19.3 Å². The molecule has 5 heterocycles. The molecule has 0 radical (unpaired) electrons. The minimum atomic E-state index is 0.279. The van der Waals surface area contributed by atoms with Gasteiger partial charge in [0.1, 0.15) is 5.82 Å². The number of ether oxygens (including phenoxy) is 2. The zero-order valence-corrected chi connectivity index (χ0v) is 15.4. The third kappa shape index (κ3) is 2.87. The lowest BCUT2D eigenvalue weighted by molar-refractivity contribution is 0.0974. The summed E-state index contributed by atoms with van der Waals surface area (Å²) < 4.78 is 11.2. The summed E-state index contributed by atoms with van der Waals surface area (Å²) in [5, 5.41) is 0. The van der Waals surface area contributed by atoms with Gasteiger partial charge in [-0.2, -0.15) is 4.98 Å². The second-order valence-electron chi connectivity index (χ2n) is 7.13. The smallest absolute Gasteiger partial charge is 0.228 e. The minimum absolute atomic E-state index is 0.279. The fourth-order valence-electron chi connectivity index (χ4n) is 4.07. The van der Waals surface area contributed by atoms with Gasteiger partial charge in [-0.25, -0.2) is 15.0 Å². The van der Waals surface area contributed by atoms with E-state index >= 15 is 0 Å². The molecule has 2 aromatic heterocycles. The molecule has 0 saturated carbocycles. The van der Waals surface area contributed by atoms with E-state index in [9.17, 15) is 0 Å². The van der Waals surface area contributed by atoms with E-state index < -0.39 is 0 Å². The second kappa shape index (κ2) is 6.58. The Morgan fingerprint density at radius 1 is 1.07 bits per heavy atom. The quantitative estimate of drug-likeness (QED) is 0.807. The Hall–Kier alpha value is -2.52. The van der Waals surface area contributed by atoms with E-state index in [1.807, 2.05) is 6.92 Å². The molecule has 2 N–H and O–H groups in total. The lowest BCUT2D eigenvalue weighted by Crippen LogP contribution is -2.43. The summed E-state index contributed by atoms with van der Waals surface area (Å²) in [5.74, 6) is 2.04. The topological polar surface area (TPSA) is 103 Å². The molecule has 142 valence electrons. The molecule has 0 amide bonds. The van der Waals surface area contributed by atoms with Gasteiger partial charge < -0.3 is 25.0 Å². The van der Waals surface area contributed by atoms with Gasteiger partial charge in [-0.3, -0.25) is 0 Å². The van der Waals surface area contributed by atoms with Gasteiger partial charge in [-0.15, -0.1) is 0 Å². The molecule has 2 saturated heterocycles. The first-order chi connectivity index (χ1) is 13.2. The van der Waals surface area contributed by atoms with Crippen LogP contribution in [0.5, 0.6) is 0 Å². The zero-order chi connectivity index (χ0) is 18.4. The van der Waals surface area contributed by atoms with Crippen LogP contribution >= 0.6 is 0 Å². The van der Waals surface area contributed by atoms with Gasteiger partial charge in [0.25, 0.3) is 0 Å². The van der Waals surface area contributed by atoms with Crippen LogP contribution in [0.15, 0.2) is 6.20 Å². The Bertz CT molecular complexity index is 869. The molecule has 5 rings (SSSR count). The number of hydrogen-bond donors (Lipinski definition) is 1. The Labute approximate surface area is 157 Å². The third-order valence-corrected chi connectivity index (χ3v) is 5.46. The average molecular weight is 369 g/mol. The summed E-state index contributed by atoms with van der Waals surface area (Å²) in [6.45, 7) is 7.23. The van der Waals surface area contributed by atoms with Gasteiger partial charge >= 0.3 is 0 Å². The average Bonchev–Trinajstić information content (AvgIpc) is 3.07. The molecule has 9 heteroatoms. The number of aryl methyl sites for hydroxylation is 1. The molecule has 0 bridgehead atoms. The summed E-state index contributed by atoms with van der Waals surface area (Å²) in [5.41, 5.74) is 9.57. The van der Waals surface area contributed by atoms with Crippen molar-refractivity contribution < 1.29 is 9.47 Å². The van der Waals surface area contributed by atoms with Crippen LogP contribution in [0.25, 0.3) is 11.3 Å². The van der Waals surface area contributed by atoms with Crippen molar-refractivity contribution in [3.8, 4) is 11.3 Å². The normalized spacial score (nSPS) is 21.9. The summed E-state index contributed by atoms with van der Waals surface area (Å²) in [6.07, 6.45) is 2.65. The lowest BCUT2D eigenvalue weighted by atomic mass is 10.0. The SMILES string of the molecule is Cc1nc(N)ncc1-c1nc(N2CCOCC2)nc2c1C[C@@H]1COCCN21. The molecule has 1 atom stereocenters. The van der Waals surface area contributed by atoms with Crippen molar-refractivity contribution in [3.63, 3.8) is 0 Å². The van der Waals surface area contributed by atoms with Gasteiger partial charge in [0.15, 0.2) is 0 Å². The molecule has 2 fully saturated rings. The minimum Gasteiger partial charge on any atom is -0.378 e. The highest BCUT2D eigenvalue weighted by Crippen LogP contribution is 2.39. The number of morpholine rings is 2. The molecule has 27 heavy (non-hydrogen) atoms. The van der Waals surface area contributed by atoms with Crippen molar-refractivity contribution in [3.05, 3.63) is 17.5 Å². The van der Waals surface area contributed by atoms with E-state index in [1.54, 1.807) is 6.20 Å². The van der Waals surface area contributed by atoms with Crippen molar-refractivity contribution in [1.29, 1.82) is 0 Å². The Morgan fingerprint density at radius 3 is 2.70 bits per heavy atom. The maximum absolute atomic E-state index is 5.76. The van der Waals surface area contributed by atoms with Gasteiger partial charge in [-0.1, -0.05) is 0 Å². The number of nitrogen functional groups attached to an aromatic ring is 1.